The summed E-state index contributed by atoms with van der Waals surface area (Å²) in [5.74, 6) is 0. The third kappa shape index (κ3) is 5.14. The lowest BCUT2D eigenvalue weighted by Gasteiger charge is -2.11. The SMILES string of the molecule is C=C(NCC(F)F)/C1=C/N=C(C)/C=C\C(c2c[nH]c3ncc(-c4cccnc4C)cc23)=C/C1. The summed E-state index contributed by atoms with van der Waals surface area (Å²) in [4.78, 5) is 16.7. The van der Waals surface area contributed by atoms with Crippen LogP contribution < -0.4 is 5.32 Å². The van der Waals surface area contributed by atoms with Gasteiger partial charge in [0.15, 0.2) is 0 Å². The zero-order chi connectivity index (χ0) is 23.4. The quantitative estimate of drug-likeness (QED) is 0.490. The van der Waals surface area contributed by atoms with Crippen molar-refractivity contribution in [2.75, 3.05) is 6.54 Å². The summed E-state index contributed by atoms with van der Waals surface area (Å²) in [5.41, 5.74) is 7.72. The van der Waals surface area contributed by atoms with Gasteiger partial charge in [-0.1, -0.05) is 24.8 Å². The number of aliphatic imine (C=N–C) groups is 1. The van der Waals surface area contributed by atoms with E-state index in [4.69, 9.17) is 0 Å². The molecule has 0 saturated carbocycles. The number of nitrogens with one attached hydrogen (secondary N) is 2. The van der Waals surface area contributed by atoms with Crippen molar-refractivity contribution in [3.8, 4) is 11.1 Å². The molecule has 0 bridgehead atoms. The van der Waals surface area contributed by atoms with Crippen molar-refractivity contribution in [3.63, 3.8) is 0 Å². The van der Waals surface area contributed by atoms with Gasteiger partial charge in [-0.3, -0.25) is 9.98 Å². The summed E-state index contributed by atoms with van der Waals surface area (Å²) in [7, 11) is 0. The predicted molar refractivity (Wildman–Crippen MR) is 130 cm³/mol. The fourth-order valence-electron chi connectivity index (χ4n) is 3.67. The number of aromatic nitrogens is 3. The third-order valence-corrected chi connectivity index (χ3v) is 5.49. The monoisotopic (exact) mass is 445 g/mol. The molecule has 0 unspecified atom stereocenters. The summed E-state index contributed by atoms with van der Waals surface area (Å²) in [5, 5.41) is 3.68. The average molecular weight is 446 g/mol. The lowest BCUT2D eigenvalue weighted by Crippen LogP contribution is -2.21. The molecule has 0 saturated heterocycles. The third-order valence-electron chi connectivity index (χ3n) is 5.49. The molecule has 0 radical (unpaired) electrons. The molecule has 0 aromatic carbocycles. The second-order valence-electron chi connectivity index (χ2n) is 7.83. The zero-order valence-corrected chi connectivity index (χ0v) is 18.6. The van der Waals surface area contributed by atoms with E-state index in [1.165, 1.54) is 0 Å². The number of aryl methyl sites for hydroxylation is 1. The van der Waals surface area contributed by atoms with E-state index in [0.717, 1.165) is 50.3 Å². The van der Waals surface area contributed by atoms with Crippen molar-refractivity contribution in [1.29, 1.82) is 0 Å². The van der Waals surface area contributed by atoms with Gasteiger partial charge in [0.25, 0.3) is 6.43 Å². The molecule has 0 fully saturated rings. The van der Waals surface area contributed by atoms with E-state index in [0.29, 0.717) is 12.1 Å². The fourth-order valence-corrected chi connectivity index (χ4v) is 3.67. The molecule has 1 aliphatic heterocycles. The van der Waals surface area contributed by atoms with Gasteiger partial charge in [0.1, 0.15) is 5.65 Å². The Morgan fingerprint density at radius 3 is 2.85 bits per heavy atom. The van der Waals surface area contributed by atoms with Gasteiger partial charge in [0, 0.05) is 64.0 Å². The number of rotatable bonds is 6. The molecule has 3 aromatic rings. The first-order chi connectivity index (χ1) is 15.9. The Hall–Kier alpha value is -3.87. The van der Waals surface area contributed by atoms with Crippen LogP contribution in [0.1, 0.15) is 24.6 Å². The maximum absolute atomic E-state index is 12.6. The largest absolute Gasteiger partial charge is 0.380 e. The topological polar surface area (TPSA) is 66.0 Å². The Bertz CT molecular complexity index is 1310. The summed E-state index contributed by atoms with van der Waals surface area (Å²) in [6.45, 7) is 7.34. The van der Waals surface area contributed by atoms with Crippen LogP contribution in [0.3, 0.4) is 0 Å². The van der Waals surface area contributed by atoms with Gasteiger partial charge >= 0.3 is 0 Å². The molecule has 0 aliphatic carbocycles. The van der Waals surface area contributed by atoms with Crippen LogP contribution >= 0.6 is 0 Å². The lowest BCUT2D eigenvalue weighted by molar-refractivity contribution is 0.150. The van der Waals surface area contributed by atoms with E-state index in [2.05, 4.69) is 44.0 Å². The van der Waals surface area contributed by atoms with Gasteiger partial charge in [-0.2, -0.15) is 0 Å². The van der Waals surface area contributed by atoms with Gasteiger partial charge < -0.3 is 10.3 Å². The van der Waals surface area contributed by atoms with Crippen molar-refractivity contribution in [2.45, 2.75) is 26.7 Å². The van der Waals surface area contributed by atoms with Crippen LogP contribution in [-0.4, -0.2) is 33.6 Å². The highest BCUT2D eigenvalue weighted by atomic mass is 19.3. The van der Waals surface area contributed by atoms with Crippen LogP contribution in [0.5, 0.6) is 0 Å². The van der Waals surface area contributed by atoms with E-state index in [1.807, 2.05) is 50.5 Å². The number of H-pyrrole nitrogens is 1. The lowest BCUT2D eigenvalue weighted by atomic mass is 9.99. The van der Waals surface area contributed by atoms with Gasteiger partial charge in [-0.05, 0) is 49.6 Å². The highest BCUT2D eigenvalue weighted by Crippen LogP contribution is 2.31. The van der Waals surface area contributed by atoms with E-state index in [-0.39, 0.29) is 0 Å². The Morgan fingerprint density at radius 1 is 1.21 bits per heavy atom. The molecule has 7 heteroatoms. The summed E-state index contributed by atoms with van der Waals surface area (Å²) >= 11 is 0. The molecule has 4 rings (SSSR count). The number of halogens is 2. The van der Waals surface area contributed by atoms with Crippen molar-refractivity contribution in [3.05, 3.63) is 90.3 Å². The van der Waals surface area contributed by atoms with Crippen LogP contribution in [0.2, 0.25) is 0 Å². The first-order valence-corrected chi connectivity index (χ1v) is 10.6. The number of pyridine rings is 2. The fraction of sp³-hybridized carbons (Fsp3) is 0.192. The number of hydrogen-bond donors (Lipinski definition) is 2. The van der Waals surface area contributed by atoms with Gasteiger partial charge in [-0.15, -0.1) is 0 Å². The molecular formula is C26H25F2N5. The minimum Gasteiger partial charge on any atom is -0.380 e. The maximum atomic E-state index is 12.6. The summed E-state index contributed by atoms with van der Waals surface area (Å²) in [6.07, 6.45) is 11.3. The number of nitrogens with zero attached hydrogens (tertiary/aromatic N) is 3. The van der Waals surface area contributed by atoms with Crippen molar-refractivity contribution >= 4 is 22.3 Å². The molecule has 4 heterocycles. The van der Waals surface area contributed by atoms with Crippen LogP contribution in [0, 0.1) is 6.92 Å². The first-order valence-electron chi connectivity index (χ1n) is 10.6. The smallest absolute Gasteiger partial charge is 0.255 e. The standard InChI is InChI=1S/C26H25F2N5/c1-16-6-7-19(8-9-20(12-30-16)17(2)31-15-25(27)28)24-14-33-26-23(24)11-21(13-32-26)22-5-4-10-29-18(22)3/h4-8,10-14,25,31H,2,9,15H2,1,3H3,(H,32,33)/b7-6-,19-8+,20-12+,30-16+. The van der Waals surface area contributed by atoms with Gasteiger partial charge in [-0.25, -0.2) is 13.8 Å². The maximum Gasteiger partial charge on any atom is 0.255 e. The second-order valence-corrected chi connectivity index (χ2v) is 7.83. The number of alkyl halides is 2. The Labute approximate surface area is 191 Å². The summed E-state index contributed by atoms with van der Waals surface area (Å²) in [6, 6.07) is 6.06. The van der Waals surface area contributed by atoms with Gasteiger partial charge in [0.2, 0.25) is 0 Å². The first kappa shape index (κ1) is 22.3. The van der Waals surface area contributed by atoms with Crippen LogP contribution in [0.25, 0.3) is 27.7 Å². The van der Waals surface area contributed by atoms with Crippen LogP contribution in [0.15, 0.2) is 84.1 Å². The zero-order valence-electron chi connectivity index (χ0n) is 18.6. The molecule has 0 spiro atoms. The van der Waals surface area contributed by atoms with E-state index < -0.39 is 13.0 Å². The minimum absolute atomic E-state index is 0.444. The number of allylic oxidation sites excluding steroid dienone is 5. The molecule has 0 atom stereocenters. The van der Waals surface area contributed by atoms with E-state index >= 15 is 0 Å². The van der Waals surface area contributed by atoms with Crippen molar-refractivity contribution in [1.82, 2.24) is 20.3 Å². The highest BCUT2D eigenvalue weighted by molar-refractivity contribution is 6.00. The second kappa shape index (κ2) is 9.73. The van der Waals surface area contributed by atoms with Crippen molar-refractivity contribution < 1.29 is 8.78 Å². The molecule has 168 valence electrons. The minimum atomic E-state index is -2.45. The average Bonchev–Trinajstić information content (AvgIpc) is 3.25. The molecule has 1 aliphatic rings. The van der Waals surface area contributed by atoms with Crippen LogP contribution in [-0.2, 0) is 0 Å². The number of hydrogen-bond acceptors (Lipinski definition) is 4. The molecular weight excluding hydrogens is 420 g/mol. The van der Waals surface area contributed by atoms with E-state index in [1.54, 1.807) is 12.4 Å². The number of aromatic amines is 1. The Morgan fingerprint density at radius 2 is 2.06 bits per heavy atom. The van der Waals surface area contributed by atoms with Gasteiger partial charge in [0.05, 0.1) is 6.54 Å². The van der Waals surface area contributed by atoms with Crippen molar-refractivity contribution in [2.24, 2.45) is 4.99 Å². The Balaban J connectivity index is 1.72. The summed E-state index contributed by atoms with van der Waals surface area (Å²) < 4.78 is 25.3. The van der Waals surface area contributed by atoms with E-state index in [9.17, 15) is 8.78 Å². The van der Waals surface area contributed by atoms with Crippen LogP contribution in [0.4, 0.5) is 8.78 Å². The normalized spacial score (nSPS) is 20.0. The number of fused-ring (bicyclic) bond motifs is 1. The highest BCUT2D eigenvalue weighted by Gasteiger charge is 2.13. The molecule has 3 aromatic heterocycles. The molecule has 33 heavy (non-hydrogen) atoms. The molecule has 0 amide bonds. The molecule has 5 nitrogen and oxygen atoms in total. The Kier molecular flexibility index (Phi) is 6.58. The predicted octanol–water partition coefficient (Wildman–Crippen LogP) is 5.99. The molecule has 2 N–H and O–H groups in total.